The molecule has 0 radical (unpaired) electrons. The Hall–Kier alpha value is -2.93. The number of alkyl halides is 4. The first-order valence-corrected chi connectivity index (χ1v) is 12.6. The molecule has 1 fully saturated rings. The summed E-state index contributed by atoms with van der Waals surface area (Å²) in [5.41, 5.74) is 0.680. The molecule has 0 bridgehead atoms. The van der Waals surface area contributed by atoms with E-state index in [-0.39, 0.29) is 40.8 Å². The third-order valence-electron chi connectivity index (χ3n) is 6.06. The van der Waals surface area contributed by atoms with E-state index in [0.717, 1.165) is 11.3 Å². The Bertz CT molecular complexity index is 1260. The van der Waals surface area contributed by atoms with Gasteiger partial charge in [-0.2, -0.15) is 18.2 Å². The van der Waals surface area contributed by atoms with Crippen molar-refractivity contribution in [2.75, 3.05) is 25.0 Å². The summed E-state index contributed by atoms with van der Waals surface area (Å²) in [6.07, 6.45) is -6.10. The number of aromatic nitrogens is 2. The number of hydrogen-bond donors (Lipinski definition) is 4. The van der Waals surface area contributed by atoms with E-state index < -0.39 is 24.8 Å². The lowest BCUT2D eigenvalue weighted by Gasteiger charge is -2.28. The number of nitrogens with zero attached hydrogens (tertiary/aromatic N) is 3. The number of nitrogens with one attached hydrogen (secondary N) is 4. The predicted molar refractivity (Wildman–Crippen MR) is 131 cm³/mol. The van der Waals surface area contributed by atoms with Crippen LogP contribution in [0.3, 0.4) is 0 Å². The molecular weight excluding hydrogens is 498 g/mol. The van der Waals surface area contributed by atoms with Crippen molar-refractivity contribution in [3.05, 3.63) is 29.7 Å². The number of fused-ring (bicyclic) bond motifs is 1. The normalized spacial score (nSPS) is 22.6. The smallest absolute Gasteiger partial charge is 0.378 e. The van der Waals surface area contributed by atoms with Crippen molar-refractivity contribution in [3.8, 4) is 10.7 Å². The highest BCUT2D eigenvalue weighted by molar-refractivity contribution is 7.23. The van der Waals surface area contributed by atoms with Crippen LogP contribution in [-0.4, -0.2) is 60.2 Å². The second kappa shape index (κ2) is 9.85. The number of guanidine groups is 1. The zero-order chi connectivity index (χ0) is 25.4. The van der Waals surface area contributed by atoms with Crippen LogP contribution in [0, 0.1) is 0 Å². The fraction of sp³-hybridized carbons (Fsp3) is 0.522. The number of anilines is 1. The highest BCUT2D eigenvalue weighted by atomic mass is 32.1. The number of thiophene rings is 1. The first-order chi connectivity index (χ1) is 17.2. The topological polar surface area (TPSA) is 99.4 Å². The maximum absolute atomic E-state index is 14.4. The van der Waals surface area contributed by atoms with Gasteiger partial charge in [0.15, 0.2) is 5.96 Å². The summed E-state index contributed by atoms with van der Waals surface area (Å²) in [5, 5.41) is 17.0. The number of hydrogen-bond acceptors (Lipinski definition) is 9. The van der Waals surface area contributed by atoms with Crippen LogP contribution in [0.15, 0.2) is 27.7 Å². The van der Waals surface area contributed by atoms with Gasteiger partial charge in [-0.15, -0.1) is 11.3 Å². The van der Waals surface area contributed by atoms with Gasteiger partial charge in [0.2, 0.25) is 5.82 Å². The Balaban J connectivity index is 1.48. The van der Waals surface area contributed by atoms with Crippen molar-refractivity contribution in [1.82, 2.24) is 26.1 Å². The first-order valence-electron chi connectivity index (χ1n) is 11.8. The molecule has 13 heteroatoms. The zero-order valence-corrected chi connectivity index (χ0v) is 20.6. The van der Waals surface area contributed by atoms with Crippen LogP contribution in [-0.2, 0) is 6.42 Å². The number of rotatable bonds is 6. The molecule has 4 N–H and O–H groups in total. The van der Waals surface area contributed by atoms with E-state index in [4.69, 9.17) is 4.52 Å². The molecule has 2 aromatic heterocycles. The zero-order valence-electron chi connectivity index (χ0n) is 19.7. The predicted octanol–water partition coefficient (Wildman–Crippen LogP) is 4.17. The molecule has 3 atom stereocenters. The fourth-order valence-electron chi connectivity index (χ4n) is 4.43. The minimum Gasteiger partial charge on any atom is -0.378 e. The van der Waals surface area contributed by atoms with E-state index in [2.05, 4.69) is 36.4 Å². The van der Waals surface area contributed by atoms with Crippen molar-refractivity contribution < 1.29 is 22.1 Å². The molecule has 0 amide bonds. The van der Waals surface area contributed by atoms with Gasteiger partial charge >= 0.3 is 6.18 Å². The molecule has 2 aliphatic rings. The fourth-order valence-corrected chi connectivity index (χ4v) is 5.65. The van der Waals surface area contributed by atoms with E-state index in [9.17, 15) is 17.6 Å². The Morgan fingerprint density at radius 3 is 2.86 bits per heavy atom. The summed E-state index contributed by atoms with van der Waals surface area (Å²) < 4.78 is 61.3. The van der Waals surface area contributed by atoms with Gasteiger partial charge < -0.3 is 25.8 Å². The SMILES string of the molecule is CC(C)NC1=NCC(c2nc(-c3sc4c(N[C@@H]5CCNC[C@@H]5F)cccc4c3CC(F)(F)F)no2)N1. The Kier molecular flexibility index (Phi) is 6.77. The molecule has 4 heterocycles. The van der Waals surface area contributed by atoms with Gasteiger partial charge in [-0.1, -0.05) is 17.3 Å². The maximum Gasteiger partial charge on any atom is 0.393 e. The molecule has 5 rings (SSSR count). The molecule has 0 aliphatic carbocycles. The first kappa shape index (κ1) is 24.8. The van der Waals surface area contributed by atoms with Crippen LogP contribution < -0.4 is 21.3 Å². The van der Waals surface area contributed by atoms with Gasteiger partial charge in [0.25, 0.3) is 5.89 Å². The second-order valence-corrected chi connectivity index (χ2v) is 10.3. The van der Waals surface area contributed by atoms with Crippen LogP contribution >= 0.6 is 11.3 Å². The number of benzene rings is 1. The molecule has 194 valence electrons. The number of piperidine rings is 1. The maximum atomic E-state index is 14.4. The molecule has 1 aromatic carbocycles. The Morgan fingerprint density at radius 1 is 1.28 bits per heavy atom. The minimum atomic E-state index is -4.43. The van der Waals surface area contributed by atoms with E-state index >= 15 is 0 Å². The average molecular weight is 526 g/mol. The van der Waals surface area contributed by atoms with Gasteiger partial charge in [0.05, 0.1) is 34.3 Å². The van der Waals surface area contributed by atoms with Crippen molar-refractivity contribution in [2.24, 2.45) is 4.99 Å². The second-order valence-electron chi connectivity index (χ2n) is 9.29. The van der Waals surface area contributed by atoms with E-state index in [1.54, 1.807) is 18.2 Å². The molecular formula is C23H27F4N7OS. The summed E-state index contributed by atoms with van der Waals surface area (Å²) >= 11 is 1.15. The number of halogens is 4. The van der Waals surface area contributed by atoms with Gasteiger partial charge in [0.1, 0.15) is 12.2 Å². The van der Waals surface area contributed by atoms with Crippen molar-refractivity contribution >= 4 is 33.1 Å². The summed E-state index contributed by atoms with van der Waals surface area (Å²) in [5.74, 6) is 0.945. The molecule has 36 heavy (non-hydrogen) atoms. The van der Waals surface area contributed by atoms with E-state index in [0.29, 0.717) is 41.2 Å². The summed E-state index contributed by atoms with van der Waals surface area (Å²) in [6, 6.07) is 4.48. The lowest BCUT2D eigenvalue weighted by molar-refractivity contribution is -0.126. The van der Waals surface area contributed by atoms with Crippen LogP contribution in [0.5, 0.6) is 0 Å². The Morgan fingerprint density at radius 2 is 2.11 bits per heavy atom. The molecule has 0 spiro atoms. The third-order valence-corrected chi connectivity index (χ3v) is 7.33. The average Bonchev–Trinajstić information content (AvgIpc) is 3.53. The quantitative estimate of drug-likeness (QED) is 0.359. The molecule has 0 saturated carbocycles. The monoisotopic (exact) mass is 525 g/mol. The largest absolute Gasteiger partial charge is 0.393 e. The minimum absolute atomic E-state index is 0.0819. The van der Waals surface area contributed by atoms with Crippen molar-refractivity contribution in [2.45, 2.75) is 57.2 Å². The lowest BCUT2D eigenvalue weighted by Crippen LogP contribution is -2.45. The highest BCUT2D eigenvalue weighted by Gasteiger charge is 2.34. The van der Waals surface area contributed by atoms with Gasteiger partial charge in [-0.05, 0) is 43.8 Å². The molecule has 2 aliphatic heterocycles. The standard InChI is InChI=1S/C23H27F4N7OS/c1-11(2)30-22-29-10-17(32-22)21-33-20(34-35-21)19-13(8-23(25,26)27)12-4-3-5-16(18(12)36-19)31-15-6-7-28-9-14(15)24/h3-5,11,14-15,17,28,31H,6-10H2,1-2H3,(H2,29,30,32)/t14-,15+,17?/m0/s1. The summed E-state index contributed by atoms with van der Waals surface area (Å²) in [7, 11) is 0. The summed E-state index contributed by atoms with van der Waals surface area (Å²) in [4.78, 5) is 9.08. The summed E-state index contributed by atoms with van der Waals surface area (Å²) in [6.45, 7) is 5.23. The van der Waals surface area contributed by atoms with Crippen molar-refractivity contribution in [3.63, 3.8) is 0 Å². The lowest BCUT2D eigenvalue weighted by atomic mass is 10.0. The molecule has 8 nitrogen and oxygen atoms in total. The van der Waals surface area contributed by atoms with Crippen LogP contribution in [0.25, 0.3) is 20.8 Å². The van der Waals surface area contributed by atoms with E-state index in [1.165, 1.54) is 0 Å². The van der Waals surface area contributed by atoms with Gasteiger partial charge in [-0.25, -0.2) is 4.39 Å². The van der Waals surface area contributed by atoms with Crippen molar-refractivity contribution in [1.29, 1.82) is 0 Å². The van der Waals surface area contributed by atoms with Gasteiger partial charge in [-0.3, -0.25) is 4.99 Å². The van der Waals surface area contributed by atoms with Gasteiger partial charge in [0, 0.05) is 12.6 Å². The molecule has 1 unspecified atom stereocenters. The number of aliphatic imine (C=N–C) groups is 1. The molecule has 1 saturated heterocycles. The van der Waals surface area contributed by atoms with Crippen LogP contribution in [0.2, 0.25) is 0 Å². The van der Waals surface area contributed by atoms with E-state index in [1.807, 2.05) is 13.8 Å². The third kappa shape index (κ3) is 5.26. The molecule has 3 aromatic rings. The Labute approximate surface area is 208 Å². The highest BCUT2D eigenvalue weighted by Crippen LogP contribution is 2.44. The van der Waals surface area contributed by atoms with Crippen LogP contribution in [0.1, 0.15) is 37.8 Å². The van der Waals surface area contributed by atoms with Crippen LogP contribution in [0.4, 0.5) is 23.2 Å².